The zero-order valence-electron chi connectivity index (χ0n) is 20.8. The monoisotopic (exact) mass is 448 g/mol. The van der Waals surface area contributed by atoms with Crippen molar-refractivity contribution in [3.63, 3.8) is 0 Å². The molecule has 33 heavy (non-hydrogen) atoms. The molecule has 0 N–H and O–H groups in total. The van der Waals surface area contributed by atoms with Crippen LogP contribution in [0.3, 0.4) is 0 Å². The second kappa shape index (κ2) is 6.82. The Morgan fingerprint density at radius 1 is 0.515 bits per heavy atom. The van der Waals surface area contributed by atoms with Gasteiger partial charge in [-0.2, -0.15) is 0 Å². The highest BCUT2D eigenvalue weighted by molar-refractivity contribution is 6.35. The fourth-order valence-corrected chi connectivity index (χ4v) is 7.68. The lowest BCUT2D eigenvalue weighted by molar-refractivity contribution is 1.02. The van der Waals surface area contributed by atoms with Gasteiger partial charge in [-0.25, -0.2) is 9.98 Å². The van der Waals surface area contributed by atoms with Crippen molar-refractivity contribution in [2.24, 2.45) is 9.98 Å². The highest BCUT2D eigenvalue weighted by Crippen LogP contribution is 2.34. The molecule has 0 saturated carbocycles. The van der Waals surface area contributed by atoms with Gasteiger partial charge in [0.2, 0.25) is 0 Å². The summed E-state index contributed by atoms with van der Waals surface area (Å²) < 4.78 is 5.20. The molecule has 0 amide bonds. The predicted molar refractivity (Wildman–Crippen MR) is 142 cm³/mol. The number of hydrogen-bond acceptors (Lipinski definition) is 2. The van der Waals surface area contributed by atoms with Crippen LogP contribution in [0.4, 0.5) is 0 Å². The van der Waals surface area contributed by atoms with Gasteiger partial charge < -0.3 is 7.10 Å². The molecule has 4 nitrogen and oxygen atoms in total. The Bertz CT molecular complexity index is 1520. The highest BCUT2D eigenvalue weighted by atomic mass is 27.1. The van der Waals surface area contributed by atoms with E-state index in [0.717, 1.165) is 22.8 Å². The van der Waals surface area contributed by atoms with E-state index in [1.54, 1.807) is 0 Å². The minimum atomic E-state index is -0.914. The predicted octanol–water partition coefficient (Wildman–Crippen LogP) is 4.04. The maximum absolute atomic E-state index is 5.10. The van der Waals surface area contributed by atoms with Crippen molar-refractivity contribution in [1.29, 1.82) is 0 Å². The maximum Gasteiger partial charge on any atom is 0.558 e. The molecule has 0 spiro atoms. The fraction of sp³-hybridized carbons (Fsp3) is 0.286. The van der Waals surface area contributed by atoms with E-state index in [2.05, 4.69) is 86.8 Å². The summed E-state index contributed by atoms with van der Waals surface area (Å²) in [6.45, 7) is 17.8. The van der Waals surface area contributed by atoms with Gasteiger partial charge >= 0.3 is 15.7 Å². The second-order valence-corrected chi connectivity index (χ2v) is 11.4. The molecular formula is C28H29AlN4. The SMILES string of the molecule is CC1=C(C)C2=NC1=Cc1c(C)c(C)c3[n]1[AlH][n]1c(c(C)c(C)c1=CC1=NC(=C3)C(C)=C1C)=C2. The molecule has 0 unspecified atom stereocenters. The van der Waals surface area contributed by atoms with Crippen LogP contribution in [0.5, 0.6) is 0 Å². The third-order valence-electron chi connectivity index (χ3n) is 8.35. The van der Waals surface area contributed by atoms with E-state index >= 15 is 0 Å². The summed E-state index contributed by atoms with van der Waals surface area (Å²) in [6.07, 6.45) is 9.27. The van der Waals surface area contributed by atoms with Gasteiger partial charge in [-0.1, -0.05) is 0 Å². The van der Waals surface area contributed by atoms with Gasteiger partial charge in [0.25, 0.3) is 0 Å². The lowest BCUT2D eigenvalue weighted by Gasteiger charge is -2.14. The number of aliphatic imine (C=N–C) groups is 2. The Morgan fingerprint density at radius 2 is 0.939 bits per heavy atom. The quantitative estimate of drug-likeness (QED) is 0.546. The molecule has 0 atom stereocenters. The molecule has 4 aliphatic heterocycles. The summed E-state index contributed by atoms with van der Waals surface area (Å²) in [6, 6.07) is 0. The third-order valence-corrected chi connectivity index (χ3v) is 10.3. The van der Waals surface area contributed by atoms with E-state index in [1.165, 1.54) is 66.6 Å². The third kappa shape index (κ3) is 2.70. The van der Waals surface area contributed by atoms with Crippen LogP contribution in [-0.2, 0) is 0 Å². The zero-order valence-corrected chi connectivity index (χ0v) is 22.2. The van der Waals surface area contributed by atoms with Gasteiger partial charge in [0.05, 0.1) is 22.8 Å². The van der Waals surface area contributed by atoms with Crippen molar-refractivity contribution in [1.82, 2.24) is 7.10 Å². The summed E-state index contributed by atoms with van der Waals surface area (Å²) in [5, 5.41) is 2.59. The normalized spacial score (nSPS) is 18.3. The molecule has 6 heterocycles. The molecule has 164 valence electrons. The second-order valence-electron chi connectivity index (χ2n) is 9.88. The van der Waals surface area contributed by atoms with Crippen molar-refractivity contribution >= 4 is 51.4 Å². The molecule has 0 fully saturated rings. The summed E-state index contributed by atoms with van der Waals surface area (Å²) in [7, 11) is 0. The van der Waals surface area contributed by atoms with Crippen LogP contribution in [-0.4, -0.2) is 34.2 Å². The maximum atomic E-state index is 5.10. The molecule has 0 saturated heterocycles. The molecule has 4 aliphatic rings. The van der Waals surface area contributed by atoms with E-state index in [1.807, 2.05) is 0 Å². The molecule has 5 heteroatoms. The van der Waals surface area contributed by atoms with Crippen LogP contribution in [0, 0.1) is 27.7 Å². The van der Waals surface area contributed by atoms with Crippen molar-refractivity contribution < 1.29 is 0 Å². The molecule has 0 aromatic carbocycles. The van der Waals surface area contributed by atoms with Crippen LogP contribution in [0.25, 0.3) is 24.3 Å². The number of nitrogens with zero attached hydrogens (tertiary/aromatic N) is 4. The molecule has 0 aliphatic carbocycles. The first-order valence-corrected chi connectivity index (χ1v) is 13.0. The first-order chi connectivity index (χ1) is 15.7. The molecular weight excluding hydrogens is 419 g/mol. The highest BCUT2D eigenvalue weighted by Gasteiger charge is 2.26. The summed E-state index contributed by atoms with van der Waals surface area (Å²) in [5.41, 5.74) is 17.4. The van der Waals surface area contributed by atoms with Gasteiger partial charge in [-0.3, -0.25) is 0 Å². The van der Waals surface area contributed by atoms with Gasteiger partial charge in [0.1, 0.15) is 0 Å². The van der Waals surface area contributed by atoms with Crippen LogP contribution in [0.15, 0.2) is 43.7 Å². The number of allylic oxidation sites excluding steroid dienone is 4. The van der Waals surface area contributed by atoms with Crippen molar-refractivity contribution in [3.05, 3.63) is 78.0 Å². The van der Waals surface area contributed by atoms with Gasteiger partial charge in [-0.05, 0) is 124 Å². The molecule has 2 aromatic heterocycles. The minimum absolute atomic E-state index is 0.914. The standard InChI is InChI=1S/C28H28N4.Al.H/c1-13-14(2)22-10-24-17(5)18(6)26(31-24)12-28-20(8)19(7)27(32-28)11-25-16(4)15(3)23(30-25)9-21(13)29-22;;/h9-12H,1-8H3;;/q-2;+2;. The molecule has 6 bridgehead atoms. The average molecular weight is 449 g/mol. The van der Waals surface area contributed by atoms with E-state index in [9.17, 15) is 0 Å². The molecule has 0 radical (unpaired) electrons. The number of rotatable bonds is 0. The molecule has 6 rings (SSSR count). The Morgan fingerprint density at radius 3 is 1.36 bits per heavy atom. The Balaban J connectivity index is 1.87. The number of hydrogen-bond donors (Lipinski definition) is 0. The first kappa shape index (κ1) is 20.7. The Kier molecular flexibility index (Phi) is 4.28. The van der Waals surface area contributed by atoms with E-state index in [-0.39, 0.29) is 0 Å². The fourth-order valence-electron chi connectivity index (χ4n) is 5.47. The van der Waals surface area contributed by atoms with E-state index in [0.29, 0.717) is 0 Å². The van der Waals surface area contributed by atoms with Crippen molar-refractivity contribution in [2.45, 2.75) is 55.4 Å². The largest absolute Gasteiger partial charge is 0.558 e. The first-order valence-electron chi connectivity index (χ1n) is 11.7. The number of fused-ring (bicyclic) bond motifs is 2. The average Bonchev–Trinajstić information content (AvgIpc) is 3.37. The van der Waals surface area contributed by atoms with Gasteiger partial charge in [-0.15, -0.1) is 0 Å². The van der Waals surface area contributed by atoms with Gasteiger partial charge in [0, 0.05) is 22.1 Å². The lowest BCUT2D eigenvalue weighted by atomic mass is 10.0. The zero-order chi connectivity index (χ0) is 23.3. The van der Waals surface area contributed by atoms with Crippen LogP contribution < -0.4 is 10.7 Å². The van der Waals surface area contributed by atoms with E-state index < -0.39 is 15.7 Å². The summed E-state index contributed by atoms with van der Waals surface area (Å²) in [4.78, 5) is 10.2. The number of aromatic nitrogens is 2. The Labute approximate surface area is 201 Å². The minimum Gasteiger partial charge on any atom is -0.418 e. The van der Waals surface area contributed by atoms with Crippen molar-refractivity contribution in [3.8, 4) is 0 Å². The summed E-state index contributed by atoms with van der Waals surface area (Å²) in [5.74, 6) is 0. The van der Waals surface area contributed by atoms with Gasteiger partial charge in [0.15, 0.2) is 0 Å². The Hall–Kier alpha value is -2.87. The van der Waals surface area contributed by atoms with E-state index in [4.69, 9.17) is 9.98 Å². The van der Waals surface area contributed by atoms with Crippen molar-refractivity contribution in [2.75, 3.05) is 0 Å². The molecule has 2 aromatic rings. The van der Waals surface area contributed by atoms with Crippen LogP contribution in [0.1, 0.15) is 61.3 Å². The lowest BCUT2D eigenvalue weighted by Crippen LogP contribution is -2.38. The van der Waals surface area contributed by atoms with Crippen LogP contribution >= 0.6 is 0 Å². The smallest absolute Gasteiger partial charge is 0.418 e. The summed E-state index contributed by atoms with van der Waals surface area (Å²) >= 11 is -0.914. The van der Waals surface area contributed by atoms with Crippen LogP contribution in [0.2, 0.25) is 0 Å². The topological polar surface area (TPSA) is 34.6 Å².